The quantitative estimate of drug-likeness (QED) is 0.839. The molecular weight excluding hydrogens is 245 g/mol. The van der Waals surface area contributed by atoms with Crippen LogP contribution in [0.25, 0.3) is 0 Å². The number of carbonyl (C=O) groups is 1. The third-order valence-corrected chi connectivity index (χ3v) is 2.94. The molecule has 1 atom stereocenters. The third kappa shape index (κ3) is 2.20. The standard InChI is InChI=1S/C12H13F3N2O/c1-2-16-10-3-4-17(12(10)18)11-6-8(14)7(13)5-9(11)15/h5-6,10,16H,2-4H2,1H3. The number of nitrogens with one attached hydrogen (secondary N) is 1. The number of amides is 1. The first kappa shape index (κ1) is 12.9. The van der Waals surface area contributed by atoms with Gasteiger partial charge in [0.1, 0.15) is 5.82 Å². The van der Waals surface area contributed by atoms with E-state index in [9.17, 15) is 18.0 Å². The van der Waals surface area contributed by atoms with E-state index in [1.165, 1.54) is 0 Å². The minimum absolute atomic E-state index is 0.209. The Labute approximate surface area is 103 Å². The molecule has 0 radical (unpaired) electrons. The topological polar surface area (TPSA) is 32.3 Å². The number of anilines is 1. The number of hydrogen-bond acceptors (Lipinski definition) is 2. The van der Waals surface area contributed by atoms with E-state index in [1.807, 2.05) is 6.92 Å². The summed E-state index contributed by atoms with van der Waals surface area (Å²) in [4.78, 5) is 13.1. The van der Waals surface area contributed by atoms with Crippen LogP contribution in [0.2, 0.25) is 0 Å². The van der Waals surface area contributed by atoms with E-state index in [4.69, 9.17) is 0 Å². The zero-order valence-electron chi connectivity index (χ0n) is 9.84. The van der Waals surface area contributed by atoms with Crippen LogP contribution in [0, 0.1) is 17.5 Å². The van der Waals surface area contributed by atoms with Crippen molar-refractivity contribution in [1.82, 2.24) is 5.32 Å². The molecule has 98 valence electrons. The highest BCUT2D eigenvalue weighted by Crippen LogP contribution is 2.26. The number of carbonyl (C=O) groups excluding carboxylic acids is 1. The predicted octanol–water partition coefficient (Wildman–Crippen LogP) is 1.82. The summed E-state index contributed by atoms with van der Waals surface area (Å²) in [5.74, 6) is -3.67. The van der Waals surface area contributed by atoms with E-state index in [0.717, 1.165) is 11.0 Å². The summed E-state index contributed by atoms with van der Waals surface area (Å²) < 4.78 is 39.4. The molecule has 3 nitrogen and oxygen atoms in total. The van der Waals surface area contributed by atoms with Gasteiger partial charge >= 0.3 is 0 Å². The molecule has 6 heteroatoms. The highest BCUT2D eigenvalue weighted by molar-refractivity contribution is 5.99. The highest BCUT2D eigenvalue weighted by Gasteiger charge is 2.33. The monoisotopic (exact) mass is 258 g/mol. The molecule has 0 aromatic heterocycles. The van der Waals surface area contributed by atoms with Gasteiger partial charge in [-0.2, -0.15) is 0 Å². The van der Waals surface area contributed by atoms with Gasteiger partial charge in [-0.05, 0) is 13.0 Å². The average molecular weight is 258 g/mol. The molecule has 0 saturated carbocycles. The third-order valence-electron chi connectivity index (χ3n) is 2.94. The van der Waals surface area contributed by atoms with Gasteiger partial charge in [-0.15, -0.1) is 0 Å². The summed E-state index contributed by atoms with van der Waals surface area (Å²) in [5, 5.41) is 2.96. The Hall–Kier alpha value is -1.56. The van der Waals surface area contributed by atoms with Crippen molar-refractivity contribution in [3.63, 3.8) is 0 Å². The Morgan fingerprint density at radius 1 is 1.28 bits per heavy atom. The van der Waals surface area contributed by atoms with E-state index < -0.39 is 17.5 Å². The Bertz CT molecular complexity index is 479. The second-order valence-corrected chi connectivity index (χ2v) is 4.11. The lowest BCUT2D eigenvalue weighted by molar-refractivity contribution is -0.118. The van der Waals surface area contributed by atoms with Crippen molar-refractivity contribution in [2.45, 2.75) is 19.4 Å². The van der Waals surface area contributed by atoms with Crippen molar-refractivity contribution >= 4 is 11.6 Å². The van der Waals surface area contributed by atoms with Crippen LogP contribution in [0.4, 0.5) is 18.9 Å². The molecule has 18 heavy (non-hydrogen) atoms. The van der Waals surface area contributed by atoms with E-state index in [1.54, 1.807) is 0 Å². The first-order chi connectivity index (χ1) is 8.54. The molecule has 0 aliphatic carbocycles. The van der Waals surface area contributed by atoms with E-state index in [2.05, 4.69) is 5.32 Å². The lowest BCUT2D eigenvalue weighted by Gasteiger charge is -2.18. The van der Waals surface area contributed by atoms with Gasteiger partial charge in [0.15, 0.2) is 11.6 Å². The molecule has 1 aliphatic heterocycles. The average Bonchev–Trinajstić information content (AvgIpc) is 2.67. The Morgan fingerprint density at radius 3 is 2.61 bits per heavy atom. The minimum atomic E-state index is -1.26. The fourth-order valence-electron chi connectivity index (χ4n) is 2.07. The molecule has 1 saturated heterocycles. The first-order valence-corrected chi connectivity index (χ1v) is 5.74. The molecule has 0 bridgehead atoms. The Balaban J connectivity index is 2.28. The summed E-state index contributed by atoms with van der Waals surface area (Å²) in [6, 6.07) is 0.789. The number of nitrogens with zero attached hydrogens (tertiary/aromatic N) is 1. The van der Waals surface area contributed by atoms with Gasteiger partial charge in [0, 0.05) is 18.7 Å². The van der Waals surface area contributed by atoms with Crippen LogP contribution in [0.3, 0.4) is 0 Å². The van der Waals surface area contributed by atoms with Crippen molar-refractivity contribution < 1.29 is 18.0 Å². The van der Waals surface area contributed by atoms with Crippen molar-refractivity contribution in [3.8, 4) is 0 Å². The number of likely N-dealkylation sites (N-methyl/N-ethyl adjacent to an activating group) is 1. The van der Waals surface area contributed by atoms with Crippen LogP contribution in [-0.4, -0.2) is 25.0 Å². The van der Waals surface area contributed by atoms with Crippen molar-refractivity contribution in [1.29, 1.82) is 0 Å². The van der Waals surface area contributed by atoms with E-state index in [-0.39, 0.29) is 17.6 Å². The maximum Gasteiger partial charge on any atom is 0.244 e. The second kappa shape index (κ2) is 4.97. The van der Waals surface area contributed by atoms with Crippen LogP contribution in [0.5, 0.6) is 0 Å². The van der Waals surface area contributed by atoms with Crippen molar-refractivity contribution in [2.75, 3.05) is 18.0 Å². The van der Waals surface area contributed by atoms with Crippen molar-refractivity contribution in [3.05, 3.63) is 29.6 Å². The van der Waals surface area contributed by atoms with Gasteiger partial charge in [0.2, 0.25) is 5.91 Å². The molecule has 1 unspecified atom stereocenters. The summed E-state index contributed by atoms with van der Waals surface area (Å²) in [5.41, 5.74) is -0.209. The predicted molar refractivity (Wildman–Crippen MR) is 60.8 cm³/mol. The normalized spacial score (nSPS) is 19.7. The Kier molecular flexibility index (Phi) is 3.56. The molecule has 0 spiro atoms. The van der Waals surface area contributed by atoms with Crippen LogP contribution in [0.1, 0.15) is 13.3 Å². The first-order valence-electron chi connectivity index (χ1n) is 5.74. The maximum absolute atomic E-state index is 13.5. The SMILES string of the molecule is CCNC1CCN(c2cc(F)c(F)cc2F)C1=O. The molecule has 1 N–H and O–H groups in total. The minimum Gasteiger partial charge on any atom is -0.308 e. The Morgan fingerprint density at radius 2 is 1.94 bits per heavy atom. The van der Waals surface area contributed by atoms with Gasteiger partial charge in [-0.3, -0.25) is 4.79 Å². The molecule has 2 rings (SSSR count). The molecule has 1 aromatic carbocycles. The van der Waals surface area contributed by atoms with Crippen molar-refractivity contribution in [2.24, 2.45) is 0 Å². The zero-order valence-corrected chi connectivity index (χ0v) is 9.84. The number of halogens is 3. The van der Waals surface area contributed by atoms with Crippen LogP contribution < -0.4 is 10.2 Å². The number of benzene rings is 1. The molecule has 1 aromatic rings. The molecule has 1 amide bonds. The molecular formula is C12H13F3N2O. The lowest BCUT2D eigenvalue weighted by atomic mass is 10.2. The van der Waals surface area contributed by atoms with E-state index in [0.29, 0.717) is 25.6 Å². The van der Waals surface area contributed by atoms with Gasteiger partial charge in [-0.1, -0.05) is 6.92 Å². The van der Waals surface area contributed by atoms with Gasteiger partial charge < -0.3 is 10.2 Å². The second-order valence-electron chi connectivity index (χ2n) is 4.11. The number of rotatable bonds is 3. The lowest BCUT2D eigenvalue weighted by Crippen LogP contribution is -2.38. The van der Waals surface area contributed by atoms with Gasteiger partial charge in [0.25, 0.3) is 0 Å². The number of hydrogen-bond donors (Lipinski definition) is 1. The van der Waals surface area contributed by atoms with Gasteiger partial charge in [0.05, 0.1) is 11.7 Å². The largest absolute Gasteiger partial charge is 0.308 e. The van der Waals surface area contributed by atoms with Crippen LogP contribution >= 0.6 is 0 Å². The smallest absolute Gasteiger partial charge is 0.244 e. The maximum atomic E-state index is 13.5. The fourth-order valence-corrected chi connectivity index (χ4v) is 2.07. The van der Waals surface area contributed by atoms with E-state index >= 15 is 0 Å². The zero-order chi connectivity index (χ0) is 13.3. The summed E-state index contributed by atoms with van der Waals surface area (Å²) in [7, 11) is 0. The molecule has 1 aliphatic rings. The summed E-state index contributed by atoms with van der Waals surface area (Å²) >= 11 is 0. The fraction of sp³-hybridized carbons (Fsp3) is 0.417. The van der Waals surface area contributed by atoms with Crippen LogP contribution in [0.15, 0.2) is 12.1 Å². The molecule has 1 heterocycles. The highest BCUT2D eigenvalue weighted by atomic mass is 19.2. The van der Waals surface area contributed by atoms with Crippen LogP contribution in [-0.2, 0) is 4.79 Å². The summed E-state index contributed by atoms with van der Waals surface area (Å²) in [6.07, 6.45) is 0.519. The molecule has 1 fully saturated rings. The summed E-state index contributed by atoms with van der Waals surface area (Å²) in [6.45, 7) is 2.76. The van der Waals surface area contributed by atoms with Gasteiger partial charge in [-0.25, -0.2) is 13.2 Å².